The van der Waals surface area contributed by atoms with E-state index in [0.717, 1.165) is 11.1 Å². The number of fused-ring (bicyclic) bond motifs is 1. The van der Waals surface area contributed by atoms with Crippen LogP contribution in [0.3, 0.4) is 0 Å². The zero-order valence-electron chi connectivity index (χ0n) is 18.7. The van der Waals surface area contributed by atoms with E-state index in [1.165, 1.54) is 7.11 Å². The van der Waals surface area contributed by atoms with E-state index in [4.69, 9.17) is 25.5 Å². The minimum Gasteiger partial charge on any atom is -0.493 e. The molecule has 3 aromatic carbocycles. The molecule has 1 N–H and O–H groups in total. The van der Waals surface area contributed by atoms with E-state index in [1.54, 1.807) is 42.6 Å². The van der Waals surface area contributed by atoms with Crippen LogP contribution >= 0.6 is 11.6 Å². The van der Waals surface area contributed by atoms with Gasteiger partial charge in [0, 0.05) is 28.0 Å². The molecular weight excluding hydrogens is 466 g/mol. The number of anilines is 1. The largest absolute Gasteiger partial charge is 0.493 e. The minimum absolute atomic E-state index is 0.272. The molecule has 35 heavy (non-hydrogen) atoms. The fourth-order valence-corrected chi connectivity index (χ4v) is 3.59. The second kappa shape index (κ2) is 9.87. The maximum Gasteiger partial charge on any atom is 0.255 e. The van der Waals surface area contributed by atoms with Crippen LogP contribution in [-0.4, -0.2) is 23.0 Å². The monoisotopic (exact) mass is 485 g/mol. The zero-order valence-corrected chi connectivity index (χ0v) is 19.5. The maximum atomic E-state index is 12.8. The molecule has 0 radical (unpaired) electrons. The number of hydrogen-bond donors (Lipinski definition) is 1. The summed E-state index contributed by atoms with van der Waals surface area (Å²) in [5.41, 5.74) is 3.99. The van der Waals surface area contributed by atoms with Crippen LogP contribution in [0.25, 0.3) is 22.7 Å². The van der Waals surface area contributed by atoms with Gasteiger partial charge in [0.15, 0.2) is 22.7 Å². The third-order valence-corrected chi connectivity index (χ3v) is 5.54. The van der Waals surface area contributed by atoms with Crippen LogP contribution in [0.5, 0.6) is 11.5 Å². The first-order valence-corrected chi connectivity index (χ1v) is 11.2. The Morgan fingerprint density at radius 3 is 2.54 bits per heavy atom. The third-order valence-electron chi connectivity index (χ3n) is 5.29. The van der Waals surface area contributed by atoms with Gasteiger partial charge in [-0.05, 0) is 72.3 Å². The molecule has 1 amide bonds. The van der Waals surface area contributed by atoms with E-state index in [1.807, 2.05) is 42.5 Å². The number of ether oxygens (including phenoxy) is 2. The molecule has 8 heteroatoms. The van der Waals surface area contributed by atoms with Crippen LogP contribution in [-0.2, 0) is 6.61 Å². The lowest BCUT2D eigenvalue weighted by molar-refractivity contribution is 0.102. The lowest BCUT2D eigenvalue weighted by Crippen LogP contribution is -2.12. The first-order chi connectivity index (χ1) is 17.1. The van der Waals surface area contributed by atoms with Crippen LogP contribution in [0, 0.1) is 0 Å². The summed E-state index contributed by atoms with van der Waals surface area (Å²) in [6, 6.07) is 23.3. The Bertz CT molecular complexity index is 1450. The van der Waals surface area contributed by atoms with Crippen LogP contribution in [0.2, 0.25) is 5.02 Å². The minimum atomic E-state index is -0.272. The van der Waals surface area contributed by atoms with Gasteiger partial charge in [-0.25, -0.2) is 4.98 Å². The van der Waals surface area contributed by atoms with Gasteiger partial charge in [0.05, 0.1) is 7.11 Å². The first-order valence-electron chi connectivity index (χ1n) is 10.8. The van der Waals surface area contributed by atoms with Crippen molar-refractivity contribution in [3.8, 4) is 23.0 Å². The molecule has 0 saturated heterocycles. The van der Waals surface area contributed by atoms with E-state index in [0.29, 0.717) is 51.5 Å². The van der Waals surface area contributed by atoms with Gasteiger partial charge in [0.25, 0.3) is 5.91 Å². The summed E-state index contributed by atoms with van der Waals surface area (Å²) in [6.07, 6.45) is 1.67. The van der Waals surface area contributed by atoms with Gasteiger partial charge in [0.1, 0.15) is 6.61 Å². The number of aromatic nitrogens is 2. The van der Waals surface area contributed by atoms with Crippen LogP contribution in [0.4, 0.5) is 5.69 Å². The molecule has 0 fully saturated rings. The molecule has 0 saturated carbocycles. The Hall–Kier alpha value is -4.36. The summed E-state index contributed by atoms with van der Waals surface area (Å²) < 4.78 is 17.0. The second-order valence-corrected chi connectivity index (χ2v) is 8.09. The first kappa shape index (κ1) is 22.4. The number of nitrogens with zero attached hydrogens (tertiary/aromatic N) is 2. The molecule has 0 spiro atoms. The van der Waals surface area contributed by atoms with Crippen LogP contribution < -0.4 is 14.8 Å². The van der Waals surface area contributed by atoms with E-state index >= 15 is 0 Å². The fraction of sp³-hybridized carbons (Fsp3) is 0.0741. The van der Waals surface area contributed by atoms with E-state index < -0.39 is 0 Å². The van der Waals surface area contributed by atoms with E-state index in [-0.39, 0.29) is 5.91 Å². The van der Waals surface area contributed by atoms with Gasteiger partial charge in [-0.2, -0.15) is 4.98 Å². The van der Waals surface area contributed by atoms with Gasteiger partial charge in [-0.3, -0.25) is 4.79 Å². The summed E-state index contributed by atoms with van der Waals surface area (Å²) in [5.74, 6) is 1.20. The average Bonchev–Trinajstić information content (AvgIpc) is 3.33. The van der Waals surface area contributed by atoms with Crippen LogP contribution in [0.1, 0.15) is 15.9 Å². The standard InChI is InChI=1S/C27H20ClN3O4/c1-33-24-15-19(8-13-22(24)34-16-17-4-9-20(28)10-5-17)26(32)30-21-11-6-18(7-12-21)27-31-25-23(35-27)3-2-14-29-25/h2-15H,16H2,1H3,(H,30,32). The molecule has 5 rings (SSSR count). The molecule has 0 bridgehead atoms. The Labute approximate surface area is 206 Å². The predicted molar refractivity (Wildman–Crippen MR) is 134 cm³/mol. The average molecular weight is 486 g/mol. The van der Waals surface area contributed by atoms with Crippen LogP contribution in [0.15, 0.2) is 89.5 Å². The van der Waals surface area contributed by atoms with Gasteiger partial charge in [-0.1, -0.05) is 23.7 Å². The normalized spacial score (nSPS) is 10.8. The van der Waals surface area contributed by atoms with E-state index in [9.17, 15) is 4.79 Å². The number of nitrogens with one attached hydrogen (secondary N) is 1. The number of amides is 1. The molecule has 2 heterocycles. The molecule has 0 unspecified atom stereocenters. The molecule has 0 atom stereocenters. The predicted octanol–water partition coefficient (Wildman–Crippen LogP) is 6.38. The molecular formula is C27H20ClN3O4. The highest BCUT2D eigenvalue weighted by Gasteiger charge is 2.13. The van der Waals surface area contributed by atoms with Crippen molar-refractivity contribution < 1.29 is 18.7 Å². The van der Waals surface area contributed by atoms with Crippen molar-refractivity contribution in [1.82, 2.24) is 9.97 Å². The van der Waals surface area contributed by atoms with E-state index in [2.05, 4.69) is 15.3 Å². The van der Waals surface area contributed by atoms with Crippen molar-refractivity contribution >= 4 is 34.4 Å². The Morgan fingerprint density at radius 2 is 1.80 bits per heavy atom. The van der Waals surface area contributed by atoms with Gasteiger partial charge >= 0.3 is 0 Å². The van der Waals surface area contributed by atoms with Crippen molar-refractivity contribution in [3.63, 3.8) is 0 Å². The lowest BCUT2D eigenvalue weighted by Gasteiger charge is -2.13. The van der Waals surface area contributed by atoms with Gasteiger partial charge < -0.3 is 19.2 Å². The molecule has 2 aromatic heterocycles. The summed E-state index contributed by atoms with van der Waals surface area (Å²) in [6.45, 7) is 0.349. The summed E-state index contributed by atoms with van der Waals surface area (Å²) in [5, 5.41) is 3.55. The Balaban J connectivity index is 1.26. The number of hydrogen-bond acceptors (Lipinski definition) is 6. The van der Waals surface area contributed by atoms with Crippen molar-refractivity contribution in [1.29, 1.82) is 0 Å². The topological polar surface area (TPSA) is 86.5 Å². The number of oxazole rings is 1. The maximum absolute atomic E-state index is 12.8. The number of carbonyl (C=O) groups is 1. The molecule has 0 aliphatic heterocycles. The molecule has 5 aromatic rings. The zero-order chi connectivity index (χ0) is 24.2. The molecule has 0 aliphatic carbocycles. The molecule has 7 nitrogen and oxygen atoms in total. The Kier molecular flexibility index (Phi) is 6.32. The number of rotatable bonds is 7. The number of benzene rings is 3. The number of methoxy groups -OCH3 is 1. The fourth-order valence-electron chi connectivity index (χ4n) is 3.46. The van der Waals surface area contributed by atoms with Gasteiger partial charge in [-0.15, -0.1) is 0 Å². The quantitative estimate of drug-likeness (QED) is 0.287. The number of carbonyl (C=O) groups excluding carboxylic acids is 1. The molecule has 0 aliphatic rings. The van der Waals surface area contributed by atoms with Crippen molar-refractivity contribution in [2.75, 3.05) is 12.4 Å². The summed E-state index contributed by atoms with van der Waals surface area (Å²) in [7, 11) is 1.53. The highest BCUT2D eigenvalue weighted by molar-refractivity contribution is 6.30. The third kappa shape index (κ3) is 5.10. The highest BCUT2D eigenvalue weighted by Crippen LogP contribution is 2.30. The summed E-state index contributed by atoms with van der Waals surface area (Å²) in [4.78, 5) is 21.4. The summed E-state index contributed by atoms with van der Waals surface area (Å²) >= 11 is 5.92. The van der Waals surface area contributed by atoms with Gasteiger partial charge in [0.2, 0.25) is 5.89 Å². The molecule has 174 valence electrons. The SMILES string of the molecule is COc1cc(C(=O)Nc2ccc(-c3nc4ncccc4o3)cc2)ccc1OCc1ccc(Cl)cc1. The lowest BCUT2D eigenvalue weighted by atomic mass is 10.1. The van der Waals surface area contributed by atoms with Crippen molar-refractivity contribution in [2.24, 2.45) is 0 Å². The number of halogens is 1. The second-order valence-electron chi connectivity index (χ2n) is 7.66. The number of pyridine rings is 1. The smallest absolute Gasteiger partial charge is 0.255 e. The van der Waals surface area contributed by atoms with Crippen molar-refractivity contribution in [2.45, 2.75) is 6.61 Å². The highest BCUT2D eigenvalue weighted by atomic mass is 35.5. The Morgan fingerprint density at radius 1 is 1.00 bits per heavy atom. The van der Waals surface area contributed by atoms with Crippen molar-refractivity contribution in [3.05, 3.63) is 101 Å².